The van der Waals surface area contributed by atoms with Crippen molar-refractivity contribution in [1.82, 2.24) is 0 Å². The van der Waals surface area contributed by atoms with Gasteiger partial charge in [0.05, 0.1) is 7.11 Å². The lowest BCUT2D eigenvalue weighted by Crippen LogP contribution is -2.07. The fourth-order valence-corrected chi connectivity index (χ4v) is 2.33. The molecule has 0 aliphatic heterocycles. The molecule has 0 N–H and O–H groups in total. The molecule has 0 unspecified atom stereocenters. The SMILES string of the molecule is CCc1ccc(CC)c(C(=O)c2ccc(OC)c(F)c2)c1. The number of hydrogen-bond acceptors (Lipinski definition) is 2. The zero-order chi connectivity index (χ0) is 15.4. The molecule has 0 saturated carbocycles. The molecule has 0 aromatic heterocycles. The number of benzene rings is 2. The van der Waals surface area contributed by atoms with Crippen LogP contribution in [-0.4, -0.2) is 12.9 Å². The van der Waals surface area contributed by atoms with Gasteiger partial charge in [0.1, 0.15) is 0 Å². The predicted octanol–water partition coefficient (Wildman–Crippen LogP) is 4.19. The van der Waals surface area contributed by atoms with Crippen LogP contribution in [0.4, 0.5) is 4.39 Å². The molecule has 0 spiro atoms. The molecule has 2 aromatic rings. The average molecular weight is 286 g/mol. The Morgan fingerprint density at radius 1 is 1.10 bits per heavy atom. The van der Waals surface area contributed by atoms with Gasteiger partial charge in [-0.25, -0.2) is 4.39 Å². The summed E-state index contributed by atoms with van der Waals surface area (Å²) < 4.78 is 18.7. The molecule has 2 rings (SSSR count). The lowest BCUT2D eigenvalue weighted by molar-refractivity contribution is 0.103. The summed E-state index contributed by atoms with van der Waals surface area (Å²) in [6, 6.07) is 10.2. The average Bonchev–Trinajstić information content (AvgIpc) is 2.53. The van der Waals surface area contributed by atoms with Crippen LogP contribution in [0.5, 0.6) is 5.75 Å². The van der Waals surface area contributed by atoms with E-state index in [9.17, 15) is 9.18 Å². The van der Waals surface area contributed by atoms with E-state index < -0.39 is 5.82 Å². The van der Waals surface area contributed by atoms with E-state index >= 15 is 0 Å². The number of ketones is 1. The van der Waals surface area contributed by atoms with Crippen molar-refractivity contribution in [3.63, 3.8) is 0 Å². The lowest BCUT2D eigenvalue weighted by atomic mass is 9.94. The van der Waals surface area contributed by atoms with Crippen LogP contribution in [0.1, 0.15) is 40.9 Å². The Bertz CT molecular complexity index is 662. The summed E-state index contributed by atoms with van der Waals surface area (Å²) in [6.07, 6.45) is 1.63. The summed E-state index contributed by atoms with van der Waals surface area (Å²) >= 11 is 0. The highest BCUT2D eigenvalue weighted by atomic mass is 19.1. The molecule has 0 aliphatic carbocycles. The van der Waals surface area contributed by atoms with Crippen LogP contribution in [-0.2, 0) is 12.8 Å². The maximum Gasteiger partial charge on any atom is 0.193 e. The van der Waals surface area contributed by atoms with Crippen molar-refractivity contribution in [3.05, 3.63) is 64.5 Å². The summed E-state index contributed by atoms with van der Waals surface area (Å²) in [7, 11) is 1.40. The minimum atomic E-state index is -0.520. The number of methoxy groups -OCH3 is 1. The van der Waals surface area contributed by atoms with Crippen LogP contribution < -0.4 is 4.74 Å². The van der Waals surface area contributed by atoms with Crippen molar-refractivity contribution in [2.24, 2.45) is 0 Å². The molecular weight excluding hydrogens is 267 g/mol. The van der Waals surface area contributed by atoms with Gasteiger partial charge in [-0.2, -0.15) is 0 Å². The molecule has 0 bridgehead atoms. The standard InChI is InChI=1S/C18H19FO2/c1-4-12-6-7-13(5-2)15(10-12)18(20)14-8-9-17(21-3)16(19)11-14/h6-11H,4-5H2,1-3H3. The molecule has 0 heterocycles. The number of hydrogen-bond donors (Lipinski definition) is 0. The molecule has 3 heteroatoms. The Morgan fingerprint density at radius 2 is 1.86 bits per heavy atom. The molecule has 0 radical (unpaired) electrons. The Kier molecular flexibility index (Phi) is 4.73. The largest absolute Gasteiger partial charge is 0.494 e. The summed E-state index contributed by atoms with van der Waals surface area (Å²) in [6.45, 7) is 4.05. The topological polar surface area (TPSA) is 26.3 Å². The van der Waals surface area contributed by atoms with E-state index in [-0.39, 0.29) is 11.5 Å². The monoisotopic (exact) mass is 286 g/mol. The van der Waals surface area contributed by atoms with Gasteiger partial charge in [0.25, 0.3) is 0 Å². The van der Waals surface area contributed by atoms with Gasteiger partial charge in [0.15, 0.2) is 17.3 Å². The maximum absolute atomic E-state index is 13.8. The highest BCUT2D eigenvalue weighted by Crippen LogP contribution is 2.22. The van der Waals surface area contributed by atoms with Crippen LogP contribution in [0.2, 0.25) is 0 Å². The normalized spacial score (nSPS) is 10.5. The number of ether oxygens (including phenoxy) is 1. The Morgan fingerprint density at radius 3 is 2.43 bits per heavy atom. The van der Waals surface area contributed by atoms with Gasteiger partial charge < -0.3 is 4.74 Å². The van der Waals surface area contributed by atoms with Crippen molar-refractivity contribution < 1.29 is 13.9 Å². The van der Waals surface area contributed by atoms with Gasteiger partial charge >= 0.3 is 0 Å². The lowest BCUT2D eigenvalue weighted by Gasteiger charge is -2.10. The van der Waals surface area contributed by atoms with Gasteiger partial charge in [-0.15, -0.1) is 0 Å². The van der Waals surface area contributed by atoms with E-state index in [1.54, 1.807) is 6.07 Å². The molecule has 0 amide bonds. The predicted molar refractivity (Wildman–Crippen MR) is 81.6 cm³/mol. The molecule has 0 atom stereocenters. The zero-order valence-electron chi connectivity index (χ0n) is 12.6. The molecule has 0 saturated heterocycles. The fraction of sp³-hybridized carbons (Fsp3) is 0.278. The number of aryl methyl sites for hydroxylation is 2. The fourth-order valence-electron chi connectivity index (χ4n) is 2.33. The Balaban J connectivity index is 2.46. The van der Waals surface area contributed by atoms with E-state index in [1.807, 2.05) is 32.0 Å². The van der Waals surface area contributed by atoms with Gasteiger partial charge in [-0.05, 0) is 48.2 Å². The minimum Gasteiger partial charge on any atom is -0.494 e. The van der Waals surface area contributed by atoms with Gasteiger partial charge in [0.2, 0.25) is 0 Å². The summed E-state index contributed by atoms with van der Waals surface area (Å²) in [5.74, 6) is -0.527. The van der Waals surface area contributed by atoms with E-state index in [0.717, 1.165) is 24.0 Å². The summed E-state index contributed by atoms with van der Waals surface area (Å²) in [5, 5.41) is 0. The molecule has 2 nitrogen and oxygen atoms in total. The number of carbonyl (C=O) groups is 1. The zero-order valence-corrected chi connectivity index (χ0v) is 12.6. The molecule has 0 aliphatic rings. The third-order valence-electron chi connectivity index (χ3n) is 3.62. The van der Waals surface area contributed by atoms with Gasteiger partial charge in [-0.1, -0.05) is 26.0 Å². The van der Waals surface area contributed by atoms with E-state index in [2.05, 4.69) is 0 Å². The molecule has 110 valence electrons. The number of rotatable bonds is 5. The molecule has 2 aromatic carbocycles. The third kappa shape index (κ3) is 3.13. The Labute approximate surface area is 124 Å². The summed E-state index contributed by atoms with van der Waals surface area (Å²) in [4.78, 5) is 12.6. The van der Waals surface area contributed by atoms with Crippen LogP contribution in [0.25, 0.3) is 0 Å². The third-order valence-corrected chi connectivity index (χ3v) is 3.62. The molecule has 0 fully saturated rings. The first-order chi connectivity index (χ1) is 10.1. The molecular formula is C18H19FO2. The van der Waals surface area contributed by atoms with Crippen molar-refractivity contribution in [2.75, 3.05) is 7.11 Å². The van der Waals surface area contributed by atoms with Crippen molar-refractivity contribution in [2.45, 2.75) is 26.7 Å². The van der Waals surface area contributed by atoms with Crippen LogP contribution in [0.3, 0.4) is 0 Å². The molecule has 21 heavy (non-hydrogen) atoms. The van der Waals surface area contributed by atoms with Crippen molar-refractivity contribution in [1.29, 1.82) is 0 Å². The van der Waals surface area contributed by atoms with E-state index in [1.165, 1.54) is 19.2 Å². The second-order valence-corrected chi connectivity index (χ2v) is 4.88. The number of halogens is 1. The maximum atomic E-state index is 13.8. The van der Waals surface area contributed by atoms with Crippen LogP contribution in [0, 0.1) is 5.82 Å². The van der Waals surface area contributed by atoms with E-state index in [0.29, 0.717) is 11.1 Å². The second kappa shape index (κ2) is 6.53. The summed E-state index contributed by atoms with van der Waals surface area (Å²) in [5.41, 5.74) is 3.08. The second-order valence-electron chi connectivity index (χ2n) is 4.88. The van der Waals surface area contributed by atoms with Crippen LogP contribution in [0.15, 0.2) is 36.4 Å². The van der Waals surface area contributed by atoms with Crippen LogP contribution >= 0.6 is 0 Å². The van der Waals surface area contributed by atoms with E-state index in [4.69, 9.17) is 4.74 Å². The number of carbonyl (C=O) groups excluding carboxylic acids is 1. The van der Waals surface area contributed by atoms with Gasteiger partial charge in [0, 0.05) is 11.1 Å². The van der Waals surface area contributed by atoms with Gasteiger partial charge in [-0.3, -0.25) is 4.79 Å². The minimum absolute atomic E-state index is 0.143. The first kappa shape index (κ1) is 15.2. The first-order valence-electron chi connectivity index (χ1n) is 7.10. The Hall–Kier alpha value is -2.16. The first-order valence-corrected chi connectivity index (χ1v) is 7.10. The van der Waals surface area contributed by atoms with Crippen molar-refractivity contribution >= 4 is 5.78 Å². The smallest absolute Gasteiger partial charge is 0.193 e. The van der Waals surface area contributed by atoms with Crippen molar-refractivity contribution in [3.8, 4) is 5.75 Å². The highest BCUT2D eigenvalue weighted by molar-refractivity contribution is 6.10. The quantitative estimate of drug-likeness (QED) is 0.770. The highest BCUT2D eigenvalue weighted by Gasteiger charge is 2.15.